The molecule has 2 fully saturated rings. The van der Waals surface area contributed by atoms with Gasteiger partial charge in [-0.1, -0.05) is 37.5 Å². The number of aromatic carboxylic acids is 1. The average Bonchev–Trinajstić information content (AvgIpc) is 2.79. The summed E-state index contributed by atoms with van der Waals surface area (Å²) in [7, 11) is -3.81. The molecule has 4 rings (SSSR count). The second kappa shape index (κ2) is 9.50. The highest BCUT2D eigenvalue weighted by Crippen LogP contribution is 2.29. The van der Waals surface area contributed by atoms with Crippen LogP contribution in [-0.4, -0.2) is 56.6 Å². The highest BCUT2D eigenvalue weighted by Gasteiger charge is 2.27. The van der Waals surface area contributed by atoms with Gasteiger partial charge in [0.25, 0.3) is 10.0 Å². The molecule has 0 unspecified atom stereocenters. The van der Waals surface area contributed by atoms with Crippen LogP contribution in [0.2, 0.25) is 0 Å². The molecule has 0 radical (unpaired) electrons. The molecule has 1 aliphatic carbocycles. The van der Waals surface area contributed by atoms with Gasteiger partial charge in [0.15, 0.2) is 0 Å². The third-order valence-electron chi connectivity index (χ3n) is 6.61. The van der Waals surface area contributed by atoms with Gasteiger partial charge in [-0.25, -0.2) is 13.2 Å². The highest BCUT2D eigenvalue weighted by atomic mass is 32.2. The van der Waals surface area contributed by atoms with E-state index in [0.29, 0.717) is 17.3 Å². The van der Waals surface area contributed by atoms with E-state index in [1.165, 1.54) is 44.2 Å². The molecule has 7 nitrogen and oxygen atoms in total. The van der Waals surface area contributed by atoms with Crippen molar-refractivity contribution in [1.82, 2.24) is 4.90 Å². The summed E-state index contributed by atoms with van der Waals surface area (Å²) in [5.74, 6) is -1.06. The van der Waals surface area contributed by atoms with Crippen LogP contribution in [0, 0.1) is 6.92 Å². The van der Waals surface area contributed by atoms with Gasteiger partial charge in [-0.15, -0.1) is 0 Å². The molecular weight excluding hydrogens is 426 g/mol. The van der Waals surface area contributed by atoms with Gasteiger partial charge in [-0.05, 0) is 49.6 Å². The number of hydrogen-bond acceptors (Lipinski definition) is 5. The number of anilines is 2. The second-order valence-electron chi connectivity index (χ2n) is 8.72. The van der Waals surface area contributed by atoms with E-state index in [2.05, 4.69) is 14.5 Å². The van der Waals surface area contributed by atoms with E-state index in [9.17, 15) is 18.3 Å². The van der Waals surface area contributed by atoms with Crippen LogP contribution in [0.4, 0.5) is 11.4 Å². The van der Waals surface area contributed by atoms with Gasteiger partial charge in [-0.2, -0.15) is 0 Å². The van der Waals surface area contributed by atoms with Crippen LogP contribution < -0.4 is 9.62 Å². The van der Waals surface area contributed by atoms with Crippen molar-refractivity contribution in [3.05, 3.63) is 53.6 Å². The molecule has 1 heterocycles. The van der Waals surface area contributed by atoms with Gasteiger partial charge in [0.05, 0.1) is 16.1 Å². The molecule has 2 N–H and O–H groups in total. The smallest absolute Gasteiger partial charge is 0.337 e. The van der Waals surface area contributed by atoms with Gasteiger partial charge >= 0.3 is 5.97 Å². The van der Waals surface area contributed by atoms with E-state index >= 15 is 0 Å². The van der Waals surface area contributed by atoms with Crippen molar-refractivity contribution in [3.8, 4) is 0 Å². The fourth-order valence-corrected chi connectivity index (χ4v) is 6.19. The van der Waals surface area contributed by atoms with Gasteiger partial charge in [0.2, 0.25) is 0 Å². The van der Waals surface area contributed by atoms with Crippen molar-refractivity contribution < 1.29 is 18.3 Å². The maximum absolute atomic E-state index is 12.8. The van der Waals surface area contributed by atoms with Crippen LogP contribution in [0.15, 0.2) is 47.4 Å². The van der Waals surface area contributed by atoms with E-state index in [1.807, 2.05) is 0 Å². The summed E-state index contributed by atoms with van der Waals surface area (Å²) in [5, 5.41) is 9.82. The second-order valence-corrected chi connectivity index (χ2v) is 10.4. The van der Waals surface area contributed by atoms with Gasteiger partial charge in [-0.3, -0.25) is 9.62 Å². The minimum atomic E-state index is -3.81. The van der Waals surface area contributed by atoms with Crippen LogP contribution in [0.1, 0.15) is 48.0 Å². The Morgan fingerprint density at radius 2 is 1.69 bits per heavy atom. The number of carbonyl (C=O) groups is 1. The van der Waals surface area contributed by atoms with E-state index in [0.717, 1.165) is 26.2 Å². The van der Waals surface area contributed by atoms with Crippen LogP contribution in [0.25, 0.3) is 0 Å². The van der Waals surface area contributed by atoms with Crippen molar-refractivity contribution in [1.29, 1.82) is 0 Å². The quantitative estimate of drug-likeness (QED) is 0.683. The lowest BCUT2D eigenvalue weighted by atomic mass is 9.94. The van der Waals surface area contributed by atoms with E-state index in [-0.39, 0.29) is 16.1 Å². The van der Waals surface area contributed by atoms with Crippen LogP contribution in [0.3, 0.4) is 0 Å². The zero-order valence-corrected chi connectivity index (χ0v) is 19.3. The number of carboxylic acids is 1. The summed E-state index contributed by atoms with van der Waals surface area (Å²) in [4.78, 5) is 16.8. The van der Waals surface area contributed by atoms with Crippen LogP contribution in [0.5, 0.6) is 0 Å². The number of piperazine rings is 1. The van der Waals surface area contributed by atoms with Crippen LogP contribution >= 0.6 is 0 Å². The lowest BCUT2D eigenvalue weighted by Crippen LogP contribution is -2.51. The molecule has 1 aliphatic heterocycles. The molecule has 1 saturated carbocycles. The summed E-state index contributed by atoms with van der Waals surface area (Å²) < 4.78 is 28.1. The minimum absolute atomic E-state index is 0.112. The number of nitrogens with one attached hydrogen (secondary N) is 1. The van der Waals surface area contributed by atoms with Gasteiger partial charge in [0.1, 0.15) is 0 Å². The zero-order valence-electron chi connectivity index (χ0n) is 18.5. The normalized spacial score (nSPS) is 18.5. The number of nitrogens with zero attached hydrogens (tertiary/aromatic N) is 2. The first-order valence-corrected chi connectivity index (χ1v) is 12.8. The maximum Gasteiger partial charge on any atom is 0.337 e. The molecule has 2 aromatic rings. The van der Waals surface area contributed by atoms with Crippen molar-refractivity contribution in [2.24, 2.45) is 0 Å². The van der Waals surface area contributed by atoms with Crippen molar-refractivity contribution in [2.45, 2.75) is 50.0 Å². The third-order valence-corrected chi connectivity index (χ3v) is 8.15. The predicted octanol–water partition coefficient (Wildman–Crippen LogP) is 3.95. The number of aryl methyl sites for hydroxylation is 1. The molecule has 2 aromatic carbocycles. The number of carboxylic acid groups (broad SMARTS) is 1. The molecule has 0 spiro atoms. The molecular formula is C24H31N3O4S. The Hall–Kier alpha value is -2.58. The van der Waals surface area contributed by atoms with Crippen molar-refractivity contribution >= 4 is 27.4 Å². The fraction of sp³-hybridized carbons (Fsp3) is 0.458. The summed E-state index contributed by atoms with van der Waals surface area (Å²) >= 11 is 0. The Balaban J connectivity index is 1.50. The summed E-state index contributed by atoms with van der Waals surface area (Å²) in [6.07, 6.45) is 6.45. The lowest BCUT2D eigenvalue weighted by molar-refractivity contribution is 0.0697. The van der Waals surface area contributed by atoms with Crippen molar-refractivity contribution in [3.63, 3.8) is 0 Å². The first-order valence-electron chi connectivity index (χ1n) is 11.3. The number of benzene rings is 2. The molecule has 0 atom stereocenters. The van der Waals surface area contributed by atoms with E-state index in [4.69, 9.17) is 0 Å². The standard InChI is InChI=1S/C24H31N3O4S/c1-18-7-5-6-10-23(18)32(30,31)25-19-11-12-22(21(17-19)24(28)29)27-15-13-26(14-16-27)20-8-3-2-4-9-20/h5-7,10-12,17,20,25H,2-4,8-9,13-16H2,1H3,(H,28,29). The molecule has 172 valence electrons. The molecule has 0 aromatic heterocycles. The topological polar surface area (TPSA) is 90.0 Å². The number of rotatable bonds is 6. The number of hydrogen-bond donors (Lipinski definition) is 2. The largest absolute Gasteiger partial charge is 0.478 e. The summed E-state index contributed by atoms with van der Waals surface area (Å²) in [5.41, 5.74) is 1.63. The molecule has 32 heavy (non-hydrogen) atoms. The highest BCUT2D eigenvalue weighted by molar-refractivity contribution is 7.92. The fourth-order valence-electron chi connectivity index (χ4n) is 4.89. The van der Waals surface area contributed by atoms with Crippen molar-refractivity contribution in [2.75, 3.05) is 35.8 Å². The molecule has 1 saturated heterocycles. The predicted molar refractivity (Wildman–Crippen MR) is 126 cm³/mol. The van der Waals surface area contributed by atoms with Gasteiger partial charge in [0, 0.05) is 37.9 Å². The third kappa shape index (κ3) is 4.91. The van der Waals surface area contributed by atoms with E-state index in [1.54, 1.807) is 37.3 Å². The number of sulfonamides is 1. The summed E-state index contributed by atoms with van der Waals surface area (Å²) in [6.45, 7) is 5.11. The lowest BCUT2D eigenvalue weighted by Gasteiger charge is -2.41. The average molecular weight is 458 g/mol. The maximum atomic E-state index is 12.8. The molecule has 0 bridgehead atoms. The Bertz CT molecular complexity index is 1070. The zero-order chi connectivity index (χ0) is 22.7. The molecule has 8 heteroatoms. The van der Waals surface area contributed by atoms with Crippen LogP contribution in [-0.2, 0) is 10.0 Å². The Morgan fingerprint density at radius 1 is 1.00 bits per heavy atom. The van der Waals surface area contributed by atoms with Gasteiger partial charge < -0.3 is 10.0 Å². The molecule has 2 aliphatic rings. The Labute approximate surface area is 190 Å². The van der Waals surface area contributed by atoms with E-state index < -0.39 is 16.0 Å². The SMILES string of the molecule is Cc1ccccc1S(=O)(=O)Nc1ccc(N2CCN(C3CCCCC3)CC2)c(C(=O)O)c1. The monoisotopic (exact) mass is 457 g/mol. The Kier molecular flexibility index (Phi) is 6.71. The first kappa shape index (κ1) is 22.6. The summed E-state index contributed by atoms with van der Waals surface area (Å²) in [6, 6.07) is 12.1. The Morgan fingerprint density at radius 3 is 2.34 bits per heavy atom. The molecule has 0 amide bonds. The minimum Gasteiger partial charge on any atom is -0.478 e. The first-order chi connectivity index (χ1) is 15.3.